The number of nitrogens with one attached hydrogen (secondary N) is 2. The van der Waals surface area contributed by atoms with Crippen LogP contribution in [-0.4, -0.2) is 55.9 Å². The topological polar surface area (TPSA) is 138 Å². The number of nitrogens with zero attached hydrogens (tertiary/aromatic N) is 5. The Morgan fingerprint density at radius 2 is 1.84 bits per heavy atom. The molecule has 1 aliphatic heterocycles. The van der Waals surface area contributed by atoms with Gasteiger partial charge in [0.05, 0.1) is 61.6 Å². The predicted octanol–water partition coefficient (Wildman–Crippen LogP) is 5.89. The van der Waals surface area contributed by atoms with E-state index in [9.17, 15) is 4.79 Å². The number of ether oxygens (including phenoxy) is 2. The Balaban J connectivity index is 1.06. The van der Waals surface area contributed by atoms with E-state index in [2.05, 4.69) is 25.6 Å². The molecule has 0 unspecified atom stereocenters. The van der Waals surface area contributed by atoms with Crippen molar-refractivity contribution in [2.45, 2.75) is 50.9 Å². The molecule has 1 saturated heterocycles. The van der Waals surface area contributed by atoms with Crippen LogP contribution < -0.4 is 21.5 Å². The fourth-order valence-electron chi connectivity index (χ4n) is 6.28. The lowest BCUT2D eigenvalue weighted by Crippen LogP contribution is -2.38. The molecule has 0 radical (unpaired) electrons. The quantitative estimate of drug-likeness (QED) is 0.152. The predicted molar refractivity (Wildman–Crippen MR) is 190 cm³/mol. The first-order valence-corrected chi connectivity index (χ1v) is 16.9. The number of nitrogens with two attached hydrogens (primary N) is 1. The third kappa shape index (κ3) is 7.34. The van der Waals surface area contributed by atoms with Gasteiger partial charge in [0, 0.05) is 23.2 Å². The molecular formula is C37H38ClFN8O3. The largest absolute Gasteiger partial charge is 0.497 e. The van der Waals surface area contributed by atoms with Crippen molar-refractivity contribution in [3.63, 3.8) is 0 Å². The first kappa shape index (κ1) is 33.6. The lowest BCUT2D eigenvalue weighted by molar-refractivity contribution is 0.0435. The molecule has 1 aliphatic rings. The summed E-state index contributed by atoms with van der Waals surface area (Å²) in [4.78, 5) is 20.5. The summed E-state index contributed by atoms with van der Waals surface area (Å²) in [5.74, 6) is 0.279. The van der Waals surface area contributed by atoms with Crippen molar-refractivity contribution in [2.75, 3.05) is 20.3 Å². The average molecular weight is 697 g/mol. The molecule has 0 bridgehead atoms. The summed E-state index contributed by atoms with van der Waals surface area (Å²) in [6.07, 6.45) is 6.09. The van der Waals surface area contributed by atoms with Gasteiger partial charge in [-0.3, -0.25) is 9.88 Å². The van der Waals surface area contributed by atoms with Crippen LogP contribution in [0.4, 0.5) is 4.39 Å². The van der Waals surface area contributed by atoms with Gasteiger partial charge in [0.15, 0.2) is 5.82 Å². The number of morpholine rings is 1. The summed E-state index contributed by atoms with van der Waals surface area (Å²) in [6, 6.07) is 20.6. The van der Waals surface area contributed by atoms with Crippen LogP contribution >= 0.6 is 11.6 Å². The Labute approximate surface area is 293 Å². The van der Waals surface area contributed by atoms with Gasteiger partial charge in [0.2, 0.25) is 0 Å². The summed E-state index contributed by atoms with van der Waals surface area (Å²) in [5, 5.41) is 13.1. The highest BCUT2D eigenvalue weighted by molar-refractivity contribution is 6.31. The minimum absolute atomic E-state index is 0.0461. The van der Waals surface area contributed by atoms with Gasteiger partial charge in [-0.15, -0.1) is 5.10 Å². The zero-order valence-corrected chi connectivity index (χ0v) is 28.5. The molecule has 0 amide bonds. The van der Waals surface area contributed by atoms with Crippen LogP contribution in [0.3, 0.4) is 0 Å². The maximum Gasteiger partial charge on any atom is 0.354 e. The molecule has 6 aromatic rings. The fourth-order valence-corrected chi connectivity index (χ4v) is 6.52. The molecule has 0 saturated carbocycles. The van der Waals surface area contributed by atoms with Crippen molar-refractivity contribution in [1.82, 2.24) is 34.8 Å². The number of aromatic amines is 1. The SMILES string of the molecule is COc1ccc(Cn2cc([C@@H]3COC[C@H](c4ccc(-n5cc6cc(-c7cc(CCC[C@H](C)N)cc(Cl)c7F)[nH]c6nc5=O)cc4)N3)nn2)cc1. The van der Waals surface area contributed by atoms with Gasteiger partial charge in [0.1, 0.15) is 17.1 Å². The minimum Gasteiger partial charge on any atom is -0.497 e. The highest BCUT2D eigenvalue weighted by Gasteiger charge is 2.26. The van der Waals surface area contributed by atoms with Gasteiger partial charge in [-0.2, -0.15) is 4.98 Å². The van der Waals surface area contributed by atoms with Crippen LogP contribution in [0.2, 0.25) is 5.02 Å². The van der Waals surface area contributed by atoms with E-state index in [-0.39, 0.29) is 23.1 Å². The average Bonchev–Trinajstić information content (AvgIpc) is 3.76. The molecule has 4 N–H and O–H groups in total. The first-order valence-electron chi connectivity index (χ1n) is 16.6. The van der Waals surface area contributed by atoms with Crippen LogP contribution in [0.5, 0.6) is 5.75 Å². The Kier molecular flexibility index (Phi) is 9.77. The zero-order chi connectivity index (χ0) is 34.8. The number of aromatic nitrogens is 6. The van der Waals surface area contributed by atoms with E-state index in [1.54, 1.807) is 36.2 Å². The fraction of sp³-hybridized carbons (Fsp3) is 0.297. The summed E-state index contributed by atoms with van der Waals surface area (Å²) in [6.45, 7) is 3.52. The standard InChI is InChI=1S/C37H38ClFN8O3/c1-22(40)4-3-5-24-14-29(35(39)30(38)15-24)31-16-26-18-47(37(48)43-36(26)42-31)27-10-8-25(9-11-27)33-20-50-21-34(41-33)32-19-46(45-44-32)17-23-6-12-28(49-2)13-7-23/h6-16,18-19,22,33-34,41H,3-5,17,20-21,40H2,1-2H3,(H,42,43,48)/t22-,33+,34-/m0/s1. The summed E-state index contributed by atoms with van der Waals surface area (Å²) in [7, 11) is 1.65. The molecule has 3 aromatic carbocycles. The number of rotatable bonds is 11. The second-order valence-electron chi connectivity index (χ2n) is 12.8. The monoisotopic (exact) mass is 696 g/mol. The molecule has 1 fully saturated rings. The maximum atomic E-state index is 15.2. The van der Waals surface area contributed by atoms with Crippen molar-refractivity contribution < 1.29 is 13.9 Å². The van der Waals surface area contributed by atoms with E-state index in [1.807, 2.05) is 61.7 Å². The number of H-pyrrole nitrogens is 1. The highest BCUT2D eigenvalue weighted by Crippen LogP contribution is 2.32. The number of hydrogen-bond acceptors (Lipinski definition) is 8. The Morgan fingerprint density at radius 3 is 2.60 bits per heavy atom. The number of halogens is 2. The number of aryl methyl sites for hydroxylation is 1. The number of methoxy groups -OCH3 is 1. The highest BCUT2D eigenvalue weighted by atomic mass is 35.5. The molecule has 258 valence electrons. The van der Waals surface area contributed by atoms with Crippen molar-refractivity contribution >= 4 is 22.6 Å². The summed E-state index contributed by atoms with van der Waals surface area (Å²) < 4.78 is 29.7. The van der Waals surface area contributed by atoms with Gasteiger partial charge >= 0.3 is 5.69 Å². The first-order chi connectivity index (χ1) is 24.2. The van der Waals surface area contributed by atoms with Gasteiger partial charge in [-0.05, 0) is 85.3 Å². The van der Waals surface area contributed by atoms with Crippen LogP contribution in [0, 0.1) is 5.82 Å². The second kappa shape index (κ2) is 14.5. The molecule has 13 heteroatoms. The third-order valence-corrected chi connectivity index (χ3v) is 9.25. The van der Waals surface area contributed by atoms with Gasteiger partial charge in [-0.25, -0.2) is 13.9 Å². The molecule has 3 aromatic heterocycles. The zero-order valence-electron chi connectivity index (χ0n) is 27.8. The minimum atomic E-state index is -0.527. The van der Waals surface area contributed by atoms with Crippen molar-refractivity contribution in [2.24, 2.45) is 5.73 Å². The lowest BCUT2D eigenvalue weighted by Gasteiger charge is -2.30. The molecule has 7 rings (SSSR count). The maximum absolute atomic E-state index is 15.2. The van der Waals surface area contributed by atoms with E-state index in [4.69, 9.17) is 26.8 Å². The summed E-state index contributed by atoms with van der Waals surface area (Å²) >= 11 is 6.28. The van der Waals surface area contributed by atoms with Gasteiger partial charge < -0.3 is 20.2 Å². The van der Waals surface area contributed by atoms with Crippen molar-refractivity contribution in [3.05, 3.63) is 123 Å². The Bertz CT molecular complexity index is 2160. The van der Waals surface area contributed by atoms with E-state index >= 15 is 4.39 Å². The molecule has 0 aliphatic carbocycles. The van der Waals surface area contributed by atoms with Gasteiger partial charge in [-0.1, -0.05) is 41.1 Å². The van der Waals surface area contributed by atoms with Crippen LogP contribution in [0.15, 0.2) is 83.9 Å². The van der Waals surface area contributed by atoms with Crippen LogP contribution in [-0.2, 0) is 17.7 Å². The van der Waals surface area contributed by atoms with Crippen molar-refractivity contribution in [3.8, 4) is 22.7 Å². The molecular weight excluding hydrogens is 659 g/mol. The number of hydrogen-bond donors (Lipinski definition) is 3. The van der Waals surface area contributed by atoms with E-state index in [1.165, 1.54) is 4.57 Å². The number of benzene rings is 3. The molecule has 50 heavy (non-hydrogen) atoms. The van der Waals surface area contributed by atoms with Crippen LogP contribution in [0.25, 0.3) is 28.0 Å². The molecule has 11 nitrogen and oxygen atoms in total. The second-order valence-corrected chi connectivity index (χ2v) is 13.2. The van der Waals surface area contributed by atoms with E-state index in [0.717, 1.165) is 47.4 Å². The lowest BCUT2D eigenvalue weighted by atomic mass is 10.0. The number of fused-ring (bicyclic) bond motifs is 1. The van der Waals surface area contributed by atoms with Crippen LogP contribution in [0.1, 0.15) is 54.2 Å². The molecule has 3 atom stereocenters. The smallest absolute Gasteiger partial charge is 0.354 e. The third-order valence-electron chi connectivity index (χ3n) is 8.97. The summed E-state index contributed by atoms with van der Waals surface area (Å²) in [5.41, 5.74) is 11.1. The molecule has 0 spiro atoms. The van der Waals surface area contributed by atoms with E-state index < -0.39 is 11.5 Å². The van der Waals surface area contributed by atoms with Gasteiger partial charge in [0.25, 0.3) is 0 Å². The normalized spacial score (nSPS) is 16.9. The Hall–Kier alpha value is -4.88. The Morgan fingerprint density at radius 1 is 1.06 bits per heavy atom. The molecule has 4 heterocycles. The van der Waals surface area contributed by atoms with E-state index in [0.29, 0.717) is 47.7 Å². The van der Waals surface area contributed by atoms with Crippen molar-refractivity contribution in [1.29, 1.82) is 0 Å².